The first kappa shape index (κ1) is 20.6. The number of ether oxygens (including phenoxy) is 1. The lowest BCUT2D eigenvalue weighted by Gasteiger charge is -2.25. The van der Waals surface area contributed by atoms with E-state index >= 15 is 0 Å². The number of rotatable bonds is 7. The van der Waals surface area contributed by atoms with Crippen LogP contribution in [0.2, 0.25) is 0 Å². The quantitative estimate of drug-likeness (QED) is 0.468. The van der Waals surface area contributed by atoms with Gasteiger partial charge in [0.15, 0.2) is 11.8 Å². The molecule has 1 unspecified atom stereocenters. The van der Waals surface area contributed by atoms with Crippen LogP contribution in [0.15, 0.2) is 4.99 Å². The van der Waals surface area contributed by atoms with E-state index in [1.54, 1.807) is 14.2 Å². The summed E-state index contributed by atoms with van der Waals surface area (Å²) in [6, 6.07) is 0.590. The van der Waals surface area contributed by atoms with Gasteiger partial charge in [-0.15, -0.1) is 0 Å². The van der Waals surface area contributed by atoms with Crippen molar-refractivity contribution >= 4 is 11.9 Å². The molecule has 2 heterocycles. The van der Waals surface area contributed by atoms with Crippen molar-refractivity contribution in [1.82, 2.24) is 30.7 Å². The van der Waals surface area contributed by atoms with Crippen LogP contribution in [0.3, 0.4) is 0 Å². The predicted octanol–water partition coefficient (Wildman–Crippen LogP) is 0.743. The number of nitrogens with one attached hydrogen (secondary N) is 3. The molecule has 1 aliphatic carbocycles. The van der Waals surface area contributed by atoms with Gasteiger partial charge in [-0.3, -0.25) is 9.79 Å². The molecule has 3 rings (SSSR count). The Bertz CT molecular complexity index is 667. The number of carbonyl (C=O) groups excluding carboxylic acids is 1. The number of hydrogen-bond acceptors (Lipinski definition) is 5. The molecule has 0 bridgehead atoms. The van der Waals surface area contributed by atoms with Crippen molar-refractivity contribution in [2.75, 3.05) is 20.7 Å². The number of methoxy groups -OCH3 is 1. The molecule has 9 heteroatoms. The maximum atomic E-state index is 12.1. The second-order valence-electron chi connectivity index (χ2n) is 7.59. The molecule has 1 amide bonds. The number of guanidine groups is 1. The van der Waals surface area contributed by atoms with Gasteiger partial charge < -0.3 is 20.7 Å². The molecule has 2 aliphatic rings. The highest BCUT2D eigenvalue weighted by Crippen LogP contribution is 2.17. The van der Waals surface area contributed by atoms with Crippen LogP contribution in [-0.4, -0.2) is 59.4 Å². The van der Waals surface area contributed by atoms with Crippen LogP contribution in [-0.2, 0) is 29.1 Å². The fourth-order valence-electron chi connectivity index (χ4n) is 3.90. The molecule has 1 saturated carbocycles. The van der Waals surface area contributed by atoms with E-state index in [2.05, 4.69) is 31.0 Å². The maximum Gasteiger partial charge on any atom is 0.221 e. The molecule has 1 aromatic heterocycles. The summed E-state index contributed by atoms with van der Waals surface area (Å²) in [6.07, 6.45) is 8.25. The topological polar surface area (TPSA) is 105 Å². The standard InChI is InChI=1S/C19H33N7O2/c1-20-19(21-11-10-18(27)22-14-6-4-3-5-7-14)23-15-8-9-17-24-16(13-28-2)25-26(17)12-15/h14-15H,3-13H2,1-2H3,(H,22,27)(H2,20,21,23). The summed E-state index contributed by atoms with van der Waals surface area (Å²) >= 11 is 0. The van der Waals surface area contributed by atoms with Gasteiger partial charge in [0.25, 0.3) is 0 Å². The van der Waals surface area contributed by atoms with E-state index in [-0.39, 0.29) is 11.9 Å². The Balaban J connectivity index is 1.39. The third kappa shape index (κ3) is 5.92. The molecule has 3 N–H and O–H groups in total. The third-order valence-electron chi connectivity index (χ3n) is 5.35. The molecule has 0 radical (unpaired) electrons. The van der Waals surface area contributed by atoms with Crippen molar-refractivity contribution < 1.29 is 9.53 Å². The fourth-order valence-corrected chi connectivity index (χ4v) is 3.90. The lowest BCUT2D eigenvalue weighted by Crippen LogP contribution is -2.48. The summed E-state index contributed by atoms with van der Waals surface area (Å²) in [6.45, 7) is 1.75. The van der Waals surface area contributed by atoms with Crippen LogP contribution in [0.1, 0.15) is 56.6 Å². The average molecular weight is 392 g/mol. The van der Waals surface area contributed by atoms with Crippen LogP contribution < -0.4 is 16.0 Å². The Hall–Kier alpha value is -2.16. The van der Waals surface area contributed by atoms with Crippen molar-refractivity contribution in [3.8, 4) is 0 Å². The van der Waals surface area contributed by atoms with Crippen LogP contribution in [0, 0.1) is 0 Å². The van der Waals surface area contributed by atoms with Gasteiger partial charge in [0, 0.05) is 45.6 Å². The summed E-state index contributed by atoms with van der Waals surface area (Å²) in [5.74, 6) is 2.57. The summed E-state index contributed by atoms with van der Waals surface area (Å²) in [5, 5.41) is 14.3. The van der Waals surface area contributed by atoms with Gasteiger partial charge >= 0.3 is 0 Å². The summed E-state index contributed by atoms with van der Waals surface area (Å²) in [5.41, 5.74) is 0. The second kappa shape index (κ2) is 10.4. The Morgan fingerprint density at radius 2 is 2.04 bits per heavy atom. The number of fused-ring (bicyclic) bond motifs is 1. The van der Waals surface area contributed by atoms with Gasteiger partial charge in [-0.05, 0) is 19.3 Å². The predicted molar refractivity (Wildman–Crippen MR) is 107 cm³/mol. The Labute approximate surface area is 166 Å². The number of nitrogens with zero attached hydrogens (tertiary/aromatic N) is 4. The zero-order chi connectivity index (χ0) is 19.8. The Kier molecular flexibility index (Phi) is 7.64. The highest BCUT2D eigenvalue weighted by molar-refractivity contribution is 5.81. The van der Waals surface area contributed by atoms with E-state index in [1.165, 1.54) is 19.3 Å². The van der Waals surface area contributed by atoms with Gasteiger partial charge in [-0.25, -0.2) is 9.67 Å². The van der Waals surface area contributed by atoms with Crippen LogP contribution in [0.25, 0.3) is 0 Å². The van der Waals surface area contributed by atoms with Crippen molar-refractivity contribution in [3.05, 3.63) is 11.6 Å². The normalized spacial score (nSPS) is 20.5. The number of amides is 1. The summed E-state index contributed by atoms with van der Waals surface area (Å²) < 4.78 is 7.05. The van der Waals surface area contributed by atoms with E-state index in [9.17, 15) is 4.79 Å². The SMILES string of the molecule is CN=C(NCCC(=O)NC1CCCCC1)NC1CCc2nc(COC)nn2C1. The molecule has 9 nitrogen and oxygen atoms in total. The van der Waals surface area contributed by atoms with Crippen LogP contribution in [0.5, 0.6) is 0 Å². The molecule has 1 fully saturated rings. The van der Waals surface area contributed by atoms with Gasteiger partial charge in [-0.2, -0.15) is 5.10 Å². The lowest BCUT2D eigenvalue weighted by atomic mass is 9.95. The minimum atomic E-state index is 0.116. The van der Waals surface area contributed by atoms with Gasteiger partial charge in [0.05, 0.1) is 6.54 Å². The number of hydrogen-bond donors (Lipinski definition) is 3. The first-order chi connectivity index (χ1) is 13.7. The first-order valence-corrected chi connectivity index (χ1v) is 10.4. The number of aliphatic imine (C=N–C) groups is 1. The lowest BCUT2D eigenvalue weighted by molar-refractivity contribution is -0.121. The molecule has 1 atom stereocenters. The van der Waals surface area contributed by atoms with Crippen molar-refractivity contribution in [2.24, 2.45) is 4.99 Å². The zero-order valence-corrected chi connectivity index (χ0v) is 17.0. The van der Waals surface area contributed by atoms with Gasteiger partial charge in [0.1, 0.15) is 12.4 Å². The summed E-state index contributed by atoms with van der Waals surface area (Å²) in [7, 11) is 3.40. The summed E-state index contributed by atoms with van der Waals surface area (Å²) in [4.78, 5) is 20.9. The molecule has 0 aromatic carbocycles. The molecule has 28 heavy (non-hydrogen) atoms. The third-order valence-corrected chi connectivity index (χ3v) is 5.35. The van der Waals surface area contributed by atoms with E-state index in [0.29, 0.717) is 25.6 Å². The number of carbonyl (C=O) groups is 1. The van der Waals surface area contributed by atoms with E-state index in [4.69, 9.17) is 4.74 Å². The fraction of sp³-hybridized carbons (Fsp3) is 0.789. The largest absolute Gasteiger partial charge is 0.377 e. The molecule has 0 spiro atoms. The van der Waals surface area contributed by atoms with Gasteiger partial charge in [0.2, 0.25) is 5.91 Å². The van der Waals surface area contributed by atoms with E-state index in [0.717, 1.165) is 49.8 Å². The highest BCUT2D eigenvalue weighted by Gasteiger charge is 2.22. The molecule has 1 aromatic rings. The average Bonchev–Trinajstić information content (AvgIpc) is 3.10. The molecule has 0 saturated heterocycles. The van der Waals surface area contributed by atoms with Crippen molar-refractivity contribution in [2.45, 2.75) is 76.6 Å². The monoisotopic (exact) mass is 391 g/mol. The van der Waals surface area contributed by atoms with Crippen LogP contribution in [0.4, 0.5) is 0 Å². The molecule has 156 valence electrons. The Morgan fingerprint density at radius 1 is 1.21 bits per heavy atom. The minimum absolute atomic E-state index is 0.116. The minimum Gasteiger partial charge on any atom is -0.377 e. The number of aromatic nitrogens is 3. The number of aryl methyl sites for hydroxylation is 1. The van der Waals surface area contributed by atoms with Gasteiger partial charge in [-0.1, -0.05) is 19.3 Å². The van der Waals surface area contributed by atoms with Crippen molar-refractivity contribution in [3.63, 3.8) is 0 Å². The van der Waals surface area contributed by atoms with Crippen LogP contribution >= 0.6 is 0 Å². The van der Waals surface area contributed by atoms with Crippen molar-refractivity contribution in [1.29, 1.82) is 0 Å². The molecule has 1 aliphatic heterocycles. The molecular weight excluding hydrogens is 358 g/mol. The smallest absolute Gasteiger partial charge is 0.221 e. The van der Waals surface area contributed by atoms with E-state index in [1.807, 2.05) is 4.68 Å². The first-order valence-electron chi connectivity index (χ1n) is 10.4. The molecular formula is C19H33N7O2. The Morgan fingerprint density at radius 3 is 2.79 bits per heavy atom. The zero-order valence-electron chi connectivity index (χ0n) is 17.0. The van der Waals surface area contributed by atoms with E-state index < -0.39 is 0 Å². The maximum absolute atomic E-state index is 12.1. The second-order valence-corrected chi connectivity index (χ2v) is 7.59. The highest BCUT2D eigenvalue weighted by atomic mass is 16.5.